The lowest BCUT2D eigenvalue weighted by Gasteiger charge is -2.37. The molecule has 0 aliphatic carbocycles. The van der Waals surface area contributed by atoms with Gasteiger partial charge in [-0.3, -0.25) is 9.69 Å². The van der Waals surface area contributed by atoms with Crippen LogP contribution in [0, 0.1) is 0 Å². The Morgan fingerprint density at radius 3 is 2.88 bits per heavy atom. The Morgan fingerprint density at radius 2 is 2.17 bits per heavy atom. The molecule has 0 unspecified atom stereocenters. The second-order valence-electron chi connectivity index (χ2n) is 6.13. The lowest BCUT2D eigenvalue weighted by Crippen LogP contribution is -2.53. The summed E-state index contributed by atoms with van der Waals surface area (Å²) in [5, 5.41) is 3.07. The molecule has 3 rings (SSSR count). The first-order valence-electron chi connectivity index (χ1n) is 8.47. The summed E-state index contributed by atoms with van der Waals surface area (Å²) in [7, 11) is 0. The summed E-state index contributed by atoms with van der Waals surface area (Å²) in [6.45, 7) is 5.40. The zero-order valence-electron chi connectivity index (χ0n) is 14.0. The largest absolute Gasteiger partial charge is 0.472 e. The van der Waals surface area contributed by atoms with Crippen LogP contribution in [0.1, 0.15) is 29.3 Å². The molecule has 1 amide bonds. The second-order valence-corrected chi connectivity index (χ2v) is 6.13. The quantitative estimate of drug-likeness (QED) is 0.886. The third-order valence-electron chi connectivity index (χ3n) is 4.42. The molecule has 5 heteroatoms. The number of benzene rings is 1. The normalized spacial score (nSPS) is 19.8. The molecule has 1 fully saturated rings. The fraction of sp³-hybridized carbons (Fsp3) is 0.421. The number of hydrogen-bond donors (Lipinski definition) is 1. The van der Waals surface area contributed by atoms with E-state index in [9.17, 15) is 4.79 Å². The van der Waals surface area contributed by atoms with E-state index in [-0.39, 0.29) is 18.1 Å². The van der Waals surface area contributed by atoms with Crippen LogP contribution in [0.4, 0.5) is 0 Å². The monoisotopic (exact) mass is 328 g/mol. The zero-order chi connectivity index (χ0) is 16.8. The Bertz CT molecular complexity index is 627. The highest BCUT2D eigenvalue weighted by atomic mass is 16.5. The van der Waals surface area contributed by atoms with Crippen molar-refractivity contribution in [3.63, 3.8) is 0 Å². The van der Waals surface area contributed by atoms with E-state index in [1.54, 1.807) is 6.07 Å². The highest BCUT2D eigenvalue weighted by Crippen LogP contribution is 2.15. The maximum atomic E-state index is 12.3. The molecule has 1 aromatic heterocycles. The summed E-state index contributed by atoms with van der Waals surface area (Å²) in [5.74, 6) is -0.112. The van der Waals surface area contributed by atoms with Crippen LogP contribution >= 0.6 is 0 Å². The van der Waals surface area contributed by atoms with Crippen LogP contribution in [0.5, 0.6) is 0 Å². The SMILES string of the molecule is CC[C@@H](NC(=O)c1ccoc1)[C@H]1CN(Cc2ccccc2)CCO1. The molecule has 2 heterocycles. The highest BCUT2D eigenvalue weighted by molar-refractivity contribution is 5.93. The summed E-state index contributed by atoms with van der Waals surface area (Å²) >= 11 is 0. The van der Waals surface area contributed by atoms with Crippen LogP contribution in [-0.4, -0.2) is 42.6 Å². The van der Waals surface area contributed by atoms with Gasteiger partial charge in [0.1, 0.15) is 6.26 Å². The maximum Gasteiger partial charge on any atom is 0.254 e. The highest BCUT2D eigenvalue weighted by Gasteiger charge is 2.28. The molecule has 0 saturated carbocycles. The van der Waals surface area contributed by atoms with Crippen molar-refractivity contribution in [1.29, 1.82) is 0 Å². The van der Waals surface area contributed by atoms with E-state index in [0.29, 0.717) is 12.2 Å². The molecule has 1 N–H and O–H groups in total. The maximum absolute atomic E-state index is 12.3. The van der Waals surface area contributed by atoms with Gasteiger partial charge in [-0.1, -0.05) is 37.3 Å². The van der Waals surface area contributed by atoms with Crippen molar-refractivity contribution < 1.29 is 13.9 Å². The van der Waals surface area contributed by atoms with Gasteiger partial charge in [0.25, 0.3) is 5.91 Å². The number of carbonyl (C=O) groups is 1. The number of rotatable bonds is 6. The van der Waals surface area contributed by atoms with E-state index in [1.165, 1.54) is 18.1 Å². The van der Waals surface area contributed by atoms with E-state index >= 15 is 0 Å². The summed E-state index contributed by atoms with van der Waals surface area (Å²) in [6, 6.07) is 12.1. The van der Waals surface area contributed by atoms with Gasteiger partial charge >= 0.3 is 0 Å². The average molecular weight is 328 g/mol. The molecule has 1 aliphatic heterocycles. The number of furan rings is 1. The fourth-order valence-electron chi connectivity index (χ4n) is 3.06. The van der Waals surface area contributed by atoms with Crippen LogP contribution in [0.15, 0.2) is 53.3 Å². The lowest BCUT2D eigenvalue weighted by molar-refractivity contribution is -0.0483. The number of hydrogen-bond acceptors (Lipinski definition) is 4. The number of morpholine rings is 1. The van der Waals surface area contributed by atoms with Crippen LogP contribution in [-0.2, 0) is 11.3 Å². The van der Waals surface area contributed by atoms with Crippen LogP contribution in [0.2, 0.25) is 0 Å². The predicted molar refractivity (Wildman–Crippen MR) is 91.7 cm³/mol. The summed E-state index contributed by atoms with van der Waals surface area (Å²) in [4.78, 5) is 14.6. The molecule has 128 valence electrons. The van der Waals surface area contributed by atoms with Crippen molar-refractivity contribution in [2.45, 2.75) is 32.0 Å². The molecule has 0 radical (unpaired) electrons. The van der Waals surface area contributed by atoms with E-state index in [1.807, 2.05) is 6.07 Å². The van der Waals surface area contributed by atoms with Gasteiger partial charge in [0.15, 0.2) is 0 Å². The van der Waals surface area contributed by atoms with Gasteiger partial charge in [-0.2, -0.15) is 0 Å². The van der Waals surface area contributed by atoms with Crippen LogP contribution < -0.4 is 5.32 Å². The first kappa shape index (κ1) is 16.7. The van der Waals surface area contributed by atoms with Crippen molar-refractivity contribution >= 4 is 5.91 Å². The van der Waals surface area contributed by atoms with Crippen molar-refractivity contribution in [3.05, 3.63) is 60.1 Å². The van der Waals surface area contributed by atoms with Gasteiger partial charge in [0.05, 0.1) is 30.6 Å². The minimum absolute atomic E-state index is 0.00307. The molecule has 0 bridgehead atoms. The Labute approximate surface area is 142 Å². The molecular weight excluding hydrogens is 304 g/mol. The van der Waals surface area contributed by atoms with Gasteiger partial charge in [-0.25, -0.2) is 0 Å². The molecule has 1 saturated heterocycles. The molecule has 24 heavy (non-hydrogen) atoms. The molecular formula is C19H24N2O3. The number of amides is 1. The van der Waals surface area contributed by atoms with Crippen molar-refractivity contribution in [1.82, 2.24) is 10.2 Å². The number of ether oxygens (including phenoxy) is 1. The topological polar surface area (TPSA) is 54.7 Å². The summed E-state index contributed by atoms with van der Waals surface area (Å²) in [6.07, 6.45) is 3.80. The molecule has 5 nitrogen and oxygen atoms in total. The first-order valence-corrected chi connectivity index (χ1v) is 8.47. The molecule has 0 spiro atoms. The minimum atomic E-state index is -0.112. The minimum Gasteiger partial charge on any atom is -0.472 e. The van der Waals surface area contributed by atoms with Crippen molar-refractivity contribution in [2.75, 3.05) is 19.7 Å². The van der Waals surface area contributed by atoms with E-state index in [0.717, 1.165) is 26.1 Å². The smallest absolute Gasteiger partial charge is 0.254 e. The van der Waals surface area contributed by atoms with Gasteiger partial charge in [0, 0.05) is 19.6 Å². The van der Waals surface area contributed by atoms with Gasteiger partial charge in [0.2, 0.25) is 0 Å². The summed E-state index contributed by atoms with van der Waals surface area (Å²) in [5.41, 5.74) is 1.85. The number of carbonyl (C=O) groups excluding carboxylic acids is 1. The predicted octanol–water partition coefficient (Wildman–Crippen LogP) is 2.69. The third kappa shape index (κ3) is 4.24. The van der Waals surface area contributed by atoms with E-state index in [2.05, 4.69) is 41.4 Å². The molecule has 2 atom stereocenters. The Balaban J connectivity index is 1.58. The van der Waals surface area contributed by atoms with Gasteiger partial charge in [-0.05, 0) is 18.1 Å². The molecule has 1 aromatic carbocycles. The Kier molecular flexibility index (Phi) is 5.67. The van der Waals surface area contributed by atoms with Crippen molar-refractivity contribution in [3.8, 4) is 0 Å². The fourth-order valence-corrected chi connectivity index (χ4v) is 3.06. The standard InChI is InChI=1S/C19H24N2O3/c1-2-17(20-19(22)16-8-10-23-14-16)18-13-21(9-11-24-18)12-15-6-4-3-5-7-15/h3-8,10,14,17-18H,2,9,11-13H2,1H3,(H,20,22)/t17-,18-/m1/s1. The Hall–Kier alpha value is -2.11. The first-order chi connectivity index (χ1) is 11.8. The third-order valence-corrected chi connectivity index (χ3v) is 4.42. The van der Waals surface area contributed by atoms with Gasteiger partial charge in [-0.15, -0.1) is 0 Å². The second kappa shape index (κ2) is 8.13. The lowest BCUT2D eigenvalue weighted by atomic mass is 10.1. The number of nitrogens with zero attached hydrogens (tertiary/aromatic N) is 1. The summed E-state index contributed by atoms with van der Waals surface area (Å²) < 4.78 is 10.9. The van der Waals surface area contributed by atoms with E-state index in [4.69, 9.17) is 9.15 Å². The van der Waals surface area contributed by atoms with Crippen LogP contribution in [0.25, 0.3) is 0 Å². The molecule has 1 aliphatic rings. The van der Waals surface area contributed by atoms with E-state index < -0.39 is 0 Å². The number of nitrogens with one attached hydrogen (secondary N) is 1. The van der Waals surface area contributed by atoms with Crippen LogP contribution in [0.3, 0.4) is 0 Å². The van der Waals surface area contributed by atoms with Crippen molar-refractivity contribution in [2.24, 2.45) is 0 Å². The average Bonchev–Trinajstić information content (AvgIpc) is 3.15. The van der Waals surface area contributed by atoms with Gasteiger partial charge < -0.3 is 14.5 Å². The Morgan fingerprint density at radius 1 is 1.33 bits per heavy atom. The molecule has 2 aromatic rings. The zero-order valence-corrected chi connectivity index (χ0v) is 14.0.